The average Bonchev–Trinajstić information content (AvgIpc) is 3.04. The van der Waals surface area contributed by atoms with E-state index in [1.807, 2.05) is 36.4 Å². The van der Waals surface area contributed by atoms with Crippen LogP contribution in [-0.2, 0) is 9.53 Å². The monoisotopic (exact) mass is 350 g/mol. The Morgan fingerprint density at radius 2 is 1.64 bits per heavy atom. The van der Waals surface area contributed by atoms with Gasteiger partial charge in [-0.25, -0.2) is 0 Å². The molecule has 1 fully saturated rings. The normalized spacial score (nSPS) is 19.4. The molecule has 1 saturated heterocycles. The molecule has 0 aromatic heterocycles. The molecule has 2 aliphatic heterocycles. The van der Waals surface area contributed by atoms with E-state index >= 15 is 0 Å². The maximum Gasteiger partial charge on any atom is 0.286 e. The van der Waals surface area contributed by atoms with Gasteiger partial charge in [0.25, 0.3) is 5.91 Å². The molecule has 25 heavy (non-hydrogen) atoms. The molecule has 0 radical (unpaired) electrons. The van der Waals surface area contributed by atoms with Crippen molar-refractivity contribution in [3.63, 3.8) is 0 Å². The van der Waals surface area contributed by atoms with Crippen LogP contribution in [-0.4, -0.2) is 42.3 Å². The lowest BCUT2D eigenvalue weighted by Gasteiger charge is -2.27. The number of amides is 1. The van der Waals surface area contributed by atoms with Crippen molar-refractivity contribution in [1.82, 2.24) is 4.90 Å². The number of carbonyl (C=O) groups is 1. The molecule has 2 aromatic carbocycles. The lowest BCUT2D eigenvalue weighted by molar-refractivity contribution is -0.113. The van der Waals surface area contributed by atoms with Gasteiger partial charge in [-0.05, 0) is 34.5 Å². The number of aliphatic imine (C=N–C) groups is 1. The van der Waals surface area contributed by atoms with Crippen LogP contribution in [0, 0.1) is 0 Å². The van der Waals surface area contributed by atoms with Crippen LogP contribution in [0.4, 0.5) is 0 Å². The molecule has 5 heteroatoms. The van der Waals surface area contributed by atoms with E-state index in [2.05, 4.69) is 34.2 Å². The summed E-state index contributed by atoms with van der Waals surface area (Å²) >= 11 is 1.45. The highest BCUT2D eigenvalue weighted by Crippen LogP contribution is 2.31. The summed E-state index contributed by atoms with van der Waals surface area (Å²) in [6, 6.07) is 18.5. The first kappa shape index (κ1) is 16.1. The number of rotatable bonds is 2. The summed E-state index contributed by atoms with van der Waals surface area (Å²) in [5.74, 6) is -0.154. The van der Waals surface area contributed by atoms with Gasteiger partial charge in [0.2, 0.25) is 0 Å². The van der Waals surface area contributed by atoms with Gasteiger partial charge in [-0.3, -0.25) is 4.79 Å². The fraction of sp³-hybridized carbons (Fsp3) is 0.200. The van der Waals surface area contributed by atoms with Crippen LogP contribution in [0.1, 0.15) is 5.56 Å². The highest BCUT2D eigenvalue weighted by atomic mass is 32.2. The molecule has 0 unspecified atom stereocenters. The van der Waals surface area contributed by atoms with Crippen molar-refractivity contribution < 1.29 is 9.53 Å². The molecule has 2 aromatic rings. The fourth-order valence-corrected chi connectivity index (χ4v) is 3.81. The second-order valence-corrected chi connectivity index (χ2v) is 6.91. The van der Waals surface area contributed by atoms with Crippen molar-refractivity contribution in [3.8, 4) is 11.1 Å². The minimum absolute atomic E-state index is 0.154. The Labute approximate surface area is 151 Å². The van der Waals surface area contributed by atoms with Gasteiger partial charge in [-0.1, -0.05) is 54.6 Å². The van der Waals surface area contributed by atoms with Crippen LogP contribution in [0.5, 0.6) is 0 Å². The van der Waals surface area contributed by atoms with E-state index in [1.165, 1.54) is 22.9 Å². The molecule has 0 aliphatic carbocycles. The van der Waals surface area contributed by atoms with Crippen LogP contribution in [0.3, 0.4) is 0 Å². The summed E-state index contributed by atoms with van der Waals surface area (Å²) in [6.07, 6.45) is 1.92. The molecule has 2 heterocycles. The van der Waals surface area contributed by atoms with E-state index in [1.54, 1.807) is 0 Å². The zero-order valence-corrected chi connectivity index (χ0v) is 14.5. The number of thioether (sulfide) groups is 1. The van der Waals surface area contributed by atoms with Crippen LogP contribution in [0.2, 0.25) is 0 Å². The second-order valence-electron chi connectivity index (χ2n) is 5.90. The van der Waals surface area contributed by atoms with E-state index in [0.717, 1.165) is 23.8 Å². The van der Waals surface area contributed by atoms with Crippen LogP contribution < -0.4 is 0 Å². The molecule has 4 rings (SSSR count). The summed E-state index contributed by atoms with van der Waals surface area (Å²) in [6.45, 7) is 2.96. The maximum atomic E-state index is 12.2. The van der Waals surface area contributed by atoms with Crippen LogP contribution >= 0.6 is 11.8 Å². The van der Waals surface area contributed by atoms with Crippen molar-refractivity contribution in [3.05, 3.63) is 65.1 Å². The molecule has 0 spiro atoms. The number of amidine groups is 1. The van der Waals surface area contributed by atoms with E-state index in [-0.39, 0.29) is 5.91 Å². The predicted molar refractivity (Wildman–Crippen MR) is 102 cm³/mol. The Hall–Kier alpha value is -2.37. The average molecular weight is 350 g/mol. The molecule has 126 valence electrons. The third kappa shape index (κ3) is 3.67. The van der Waals surface area contributed by atoms with Gasteiger partial charge in [0.05, 0.1) is 18.1 Å². The molecular weight excluding hydrogens is 332 g/mol. The van der Waals surface area contributed by atoms with Gasteiger partial charge in [-0.2, -0.15) is 4.99 Å². The largest absolute Gasteiger partial charge is 0.378 e. The Morgan fingerprint density at radius 3 is 2.36 bits per heavy atom. The third-order valence-corrected chi connectivity index (χ3v) is 5.25. The Balaban J connectivity index is 1.49. The quantitative estimate of drug-likeness (QED) is 0.775. The molecule has 2 aliphatic rings. The Bertz CT molecular complexity index is 823. The van der Waals surface area contributed by atoms with Gasteiger partial charge in [0, 0.05) is 13.1 Å². The van der Waals surface area contributed by atoms with Crippen molar-refractivity contribution in [1.29, 1.82) is 0 Å². The van der Waals surface area contributed by atoms with E-state index in [9.17, 15) is 4.79 Å². The summed E-state index contributed by atoms with van der Waals surface area (Å²) < 4.78 is 5.35. The minimum Gasteiger partial charge on any atom is -0.378 e. The number of nitrogens with zero attached hydrogens (tertiary/aromatic N) is 2. The lowest BCUT2D eigenvalue weighted by Crippen LogP contribution is -2.38. The van der Waals surface area contributed by atoms with Crippen molar-refractivity contribution in [2.24, 2.45) is 4.99 Å². The lowest BCUT2D eigenvalue weighted by atomic mass is 10.0. The van der Waals surface area contributed by atoms with E-state index in [4.69, 9.17) is 4.74 Å². The number of hydrogen-bond acceptors (Lipinski definition) is 4. The summed E-state index contributed by atoms with van der Waals surface area (Å²) in [7, 11) is 0. The van der Waals surface area contributed by atoms with Crippen LogP contribution in [0.25, 0.3) is 17.2 Å². The number of hydrogen-bond donors (Lipinski definition) is 0. The van der Waals surface area contributed by atoms with Crippen LogP contribution in [0.15, 0.2) is 64.5 Å². The Morgan fingerprint density at radius 1 is 0.960 bits per heavy atom. The number of benzene rings is 2. The molecule has 0 N–H and O–H groups in total. The summed E-state index contributed by atoms with van der Waals surface area (Å²) in [4.78, 5) is 19.2. The molecule has 0 bridgehead atoms. The number of morpholine rings is 1. The fourth-order valence-electron chi connectivity index (χ4n) is 2.84. The SMILES string of the molecule is O=C1N=C(N2CCOCC2)S/C1=C\c1ccc(-c2ccccc2)cc1. The number of carbonyl (C=O) groups excluding carboxylic acids is 1. The van der Waals surface area contributed by atoms with Gasteiger partial charge in [0.15, 0.2) is 5.17 Å². The standard InChI is InChI=1S/C20H18N2O2S/c23-19-18(25-20(21-19)22-10-12-24-13-11-22)14-15-6-8-17(9-7-15)16-4-2-1-3-5-16/h1-9,14H,10-13H2/b18-14-. The second kappa shape index (κ2) is 7.25. The van der Waals surface area contributed by atoms with Gasteiger partial charge >= 0.3 is 0 Å². The predicted octanol–water partition coefficient (Wildman–Crippen LogP) is 3.66. The first-order valence-electron chi connectivity index (χ1n) is 8.30. The first-order chi connectivity index (χ1) is 12.3. The van der Waals surface area contributed by atoms with E-state index in [0.29, 0.717) is 18.1 Å². The molecule has 4 nitrogen and oxygen atoms in total. The van der Waals surface area contributed by atoms with Gasteiger partial charge < -0.3 is 9.64 Å². The zero-order valence-electron chi connectivity index (χ0n) is 13.7. The van der Waals surface area contributed by atoms with E-state index < -0.39 is 0 Å². The smallest absolute Gasteiger partial charge is 0.286 e. The van der Waals surface area contributed by atoms with Crippen molar-refractivity contribution in [2.75, 3.05) is 26.3 Å². The summed E-state index contributed by atoms with van der Waals surface area (Å²) in [5.41, 5.74) is 3.36. The third-order valence-electron chi connectivity index (χ3n) is 4.21. The Kier molecular flexibility index (Phi) is 4.68. The van der Waals surface area contributed by atoms with Gasteiger partial charge in [-0.15, -0.1) is 0 Å². The minimum atomic E-state index is -0.154. The number of ether oxygens (including phenoxy) is 1. The highest BCUT2D eigenvalue weighted by Gasteiger charge is 2.27. The molecule has 1 amide bonds. The van der Waals surface area contributed by atoms with Gasteiger partial charge in [0.1, 0.15) is 0 Å². The van der Waals surface area contributed by atoms with Crippen molar-refractivity contribution >= 4 is 28.9 Å². The summed E-state index contributed by atoms with van der Waals surface area (Å²) in [5, 5.41) is 0.792. The molecular formula is C20H18N2O2S. The maximum absolute atomic E-state index is 12.2. The first-order valence-corrected chi connectivity index (χ1v) is 9.12. The molecule has 0 atom stereocenters. The highest BCUT2D eigenvalue weighted by molar-refractivity contribution is 8.18. The topological polar surface area (TPSA) is 41.9 Å². The zero-order chi connectivity index (χ0) is 17.1. The van der Waals surface area contributed by atoms with Crippen molar-refractivity contribution in [2.45, 2.75) is 0 Å². The molecule has 0 saturated carbocycles.